The quantitative estimate of drug-likeness (QED) is 0.710. The summed E-state index contributed by atoms with van der Waals surface area (Å²) in [5.41, 5.74) is 2.36. The molecular weight excluding hydrogens is 194 g/mol. The molecule has 1 heteroatoms. The number of benzene rings is 2. The minimum Gasteiger partial charge on any atom is -0.0776 e. The maximum atomic E-state index is 4.29. The monoisotopic (exact) mass is 208 g/mol. The molecule has 2 rings (SSSR count). The molecule has 0 fully saturated rings. The molecule has 0 radical (unpaired) electrons. The summed E-state index contributed by atoms with van der Waals surface area (Å²) in [6.45, 7) is 0.791. The topological polar surface area (TPSA) is 4.36 Å². The number of hydrogen-bond donors (Lipinski definition) is 0. The molecule has 78 valence electrons. The highest BCUT2D eigenvalue weighted by Crippen LogP contribution is 2.00. The van der Waals surface area contributed by atoms with Crippen molar-refractivity contribution in [2.45, 2.75) is 6.42 Å². The number of hydrogen-bond acceptors (Lipinski definition) is 0. The van der Waals surface area contributed by atoms with E-state index in [2.05, 4.69) is 35.2 Å². The summed E-state index contributed by atoms with van der Waals surface area (Å²) in [4.78, 5) is 4.29. The van der Waals surface area contributed by atoms with Crippen LogP contribution in [-0.4, -0.2) is 6.54 Å². The summed E-state index contributed by atoms with van der Waals surface area (Å²) in [6.07, 6.45) is 0.973. The van der Waals surface area contributed by atoms with Gasteiger partial charge in [0.1, 0.15) is 5.56 Å². The van der Waals surface area contributed by atoms with Crippen LogP contribution in [0.3, 0.4) is 0 Å². The smallest absolute Gasteiger partial charge is 0.0776 e. The number of rotatable bonds is 2. The van der Waals surface area contributed by atoms with E-state index in [0.717, 1.165) is 18.5 Å². The Morgan fingerprint density at radius 3 is 2.12 bits per heavy atom. The second-order valence-corrected chi connectivity index (χ2v) is 3.60. The first-order valence-corrected chi connectivity index (χ1v) is 5.46. The summed E-state index contributed by atoms with van der Waals surface area (Å²) >= 11 is 0. The lowest BCUT2D eigenvalue weighted by molar-refractivity contribution is 1.08. The summed E-state index contributed by atoms with van der Waals surface area (Å²) in [7, 11) is 0. The Bertz CT molecular complexity index is 477. The molecule has 1 nitrogen and oxygen atoms in total. The first-order valence-electron chi connectivity index (χ1n) is 5.46. The van der Waals surface area contributed by atoms with Crippen LogP contribution >= 0.6 is 0 Å². The largest absolute Gasteiger partial charge is 0.311 e. The molecule has 0 amide bonds. The zero-order valence-corrected chi connectivity index (χ0v) is 9.13. The Labute approximate surface area is 96.2 Å². The van der Waals surface area contributed by atoms with Crippen molar-refractivity contribution >= 4 is 0 Å². The molecule has 0 unspecified atom stereocenters. The number of nitrogens with zero attached hydrogens (tertiary/aromatic N) is 1. The average Bonchev–Trinajstić information content (AvgIpc) is 2.37. The molecule has 0 aliphatic rings. The third-order valence-electron chi connectivity index (χ3n) is 2.34. The van der Waals surface area contributed by atoms with Crippen LogP contribution in [0.5, 0.6) is 0 Å². The van der Waals surface area contributed by atoms with Crippen LogP contribution in [0.15, 0.2) is 60.7 Å². The molecule has 0 aliphatic carbocycles. The molecule has 2 aromatic rings. The maximum Gasteiger partial charge on any atom is 0.311 e. The molecule has 0 N–H and O–H groups in total. The van der Waals surface area contributed by atoms with Crippen molar-refractivity contribution in [3.63, 3.8) is 0 Å². The molecule has 0 aliphatic heterocycles. The summed E-state index contributed by atoms with van der Waals surface area (Å²) in [5, 5.41) is 0. The van der Waals surface area contributed by atoms with Crippen molar-refractivity contribution in [1.82, 2.24) is 0 Å². The van der Waals surface area contributed by atoms with Gasteiger partial charge in [-0.25, -0.2) is 0 Å². The first kappa shape index (κ1) is 10.4. The molecule has 0 saturated carbocycles. The van der Waals surface area contributed by atoms with Crippen molar-refractivity contribution in [2.75, 3.05) is 6.54 Å². The molecule has 16 heavy (non-hydrogen) atoms. The van der Waals surface area contributed by atoms with Crippen molar-refractivity contribution in [2.24, 2.45) is 0 Å². The van der Waals surface area contributed by atoms with Gasteiger partial charge in [-0.1, -0.05) is 53.4 Å². The molecular formula is C15H14N+. The van der Waals surface area contributed by atoms with Crippen LogP contribution in [-0.2, 0) is 6.42 Å². The van der Waals surface area contributed by atoms with Crippen molar-refractivity contribution < 1.29 is 0 Å². The summed E-state index contributed by atoms with van der Waals surface area (Å²) < 4.78 is 0. The van der Waals surface area contributed by atoms with Crippen molar-refractivity contribution in [3.8, 4) is 6.07 Å². The standard InChI is InChI=1S/C15H14N/c1-3-7-14(8-4-1)11-12-16-13-15-9-5-2-6-10-15/h1-10H,11-12H2/q+1. The Hall–Kier alpha value is -2.07. The van der Waals surface area contributed by atoms with E-state index in [0.29, 0.717) is 0 Å². The fraction of sp³-hybridized carbons (Fsp3) is 0.133. The predicted molar refractivity (Wildman–Crippen MR) is 67.8 cm³/mol. The van der Waals surface area contributed by atoms with Crippen molar-refractivity contribution in [1.29, 1.82) is 0 Å². The predicted octanol–water partition coefficient (Wildman–Crippen LogP) is 3.61. The van der Waals surface area contributed by atoms with Gasteiger partial charge in [-0.05, 0) is 17.7 Å². The molecule has 0 atom stereocenters. The first-order chi connectivity index (χ1) is 7.95. The van der Waals surface area contributed by atoms with Crippen LogP contribution < -0.4 is 0 Å². The van der Waals surface area contributed by atoms with E-state index in [1.54, 1.807) is 0 Å². The minimum atomic E-state index is 0.791. The maximum absolute atomic E-state index is 4.29. The van der Waals surface area contributed by atoms with E-state index in [-0.39, 0.29) is 0 Å². The average molecular weight is 208 g/mol. The normalized spacial score (nSPS) is 9.25. The fourth-order valence-electron chi connectivity index (χ4n) is 1.49. The zero-order valence-electron chi connectivity index (χ0n) is 9.13. The van der Waals surface area contributed by atoms with Gasteiger partial charge in [0.05, 0.1) is 0 Å². The lowest BCUT2D eigenvalue weighted by Crippen LogP contribution is -1.86. The zero-order chi connectivity index (χ0) is 11.1. The second kappa shape index (κ2) is 5.72. The van der Waals surface area contributed by atoms with Crippen LogP contribution in [0.1, 0.15) is 11.1 Å². The van der Waals surface area contributed by atoms with Crippen LogP contribution in [0, 0.1) is 6.07 Å². The molecule has 0 spiro atoms. The lowest BCUT2D eigenvalue weighted by Gasteiger charge is -1.90. The molecule has 2 aromatic carbocycles. The highest BCUT2D eigenvalue weighted by atomic mass is 14.6. The minimum absolute atomic E-state index is 0.791. The molecule has 0 aromatic heterocycles. The lowest BCUT2D eigenvalue weighted by atomic mass is 10.2. The third-order valence-corrected chi connectivity index (χ3v) is 2.34. The Morgan fingerprint density at radius 1 is 0.812 bits per heavy atom. The highest BCUT2D eigenvalue weighted by Gasteiger charge is 1.96. The van der Waals surface area contributed by atoms with E-state index in [9.17, 15) is 0 Å². The van der Waals surface area contributed by atoms with Gasteiger partial charge in [0.15, 0.2) is 0 Å². The summed E-state index contributed by atoms with van der Waals surface area (Å²) in [6, 6.07) is 23.4. The third kappa shape index (κ3) is 3.25. The van der Waals surface area contributed by atoms with E-state index >= 15 is 0 Å². The SMILES string of the molecule is C(#[N+]CCc1ccccc1)c1ccccc1. The highest BCUT2D eigenvalue weighted by molar-refractivity contribution is 5.30. The van der Waals surface area contributed by atoms with Gasteiger partial charge in [0.25, 0.3) is 6.54 Å². The van der Waals surface area contributed by atoms with E-state index in [4.69, 9.17) is 0 Å². The molecule has 0 saturated heterocycles. The van der Waals surface area contributed by atoms with Gasteiger partial charge in [0, 0.05) is 6.42 Å². The van der Waals surface area contributed by atoms with Crippen LogP contribution in [0.2, 0.25) is 0 Å². The van der Waals surface area contributed by atoms with E-state index < -0.39 is 0 Å². The van der Waals surface area contributed by atoms with Crippen LogP contribution in [0.25, 0.3) is 4.85 Å². The van der Waals surface area contributed by atoms with Gasteiger partial charge in [-0.3, -0.25) is 0 Å². The molecule has 0 heterocycles. The molecule has 0 bridgehead atoms. The van der Waals surface area contributed by atoms with Gasteiger partial charge >= 0.3 is 6.07 Å². The Morgan fingerprint density at radius 2 is 1.44 bits per heavy atom. The summed E-state index contributed by atoms with van der Waals surface area (Å²) in [5.74, 6) is 0. The van der Waals surface area contributed by atoms with E-state index in [1.807, 2.05) is 36.4 Å². The second-order valence-electron chi connectivity index (χ2n) is 3.60. The van der Waals surface area contributed by atoms with E-state index in [1.165, 1.54) is 5.56 Å². The fourth-order valence-corrected chi connectivity index (χ4v) is 1.49. The van der Waals surface area contributed by atoms with Gasteiger partial charge in [-0.15, -0.1) is 0 Å². The van der Waals surface area contributed by atoms with Crippen molar-refractivity contribution in [3.05, 3.63) is 76.6 Å². The van der Waals surface area contributed by atoms with Crippen LogP contribution in [0.4, 0.5) is 0 Å². The van der Waals surface area contributed by atoms with Gasteiger partial charge in [0.2, 0.25) is 0 Å². The Balaban J connectivity index is 1.87. The Kier molecular flexibility index (Phi) is 3.74. The van der Waals surface area contributed by atoms with Gasteiger partial charge in [-0.2, -0.15) is 0 Å². The van der Waals surface area contributed by atoms with Gasteiger partial charge < -0.3 is 0 Å².